The Kier molecular flexibility index (Phi) is 6.60. The molecule has 0 N–H and O–H groups in total. The molecule has 0 amide bonds. The molecule has 10 aromatic rings. The zero-order valence-electron chi connectivity index (χ0n) is 30.1. The number of fused-ring (bicyclic) bond motifs is 9. The van der Waals surface area contributed by atoms with Gasteiger partial charge in [0.2, 0.25) is 0 Å². The van der Waals surface area contributed by atoms with Crippen molar-refractivity contribution in [2.24, 2.45) is 0 Å². The number of nitrogens with zero attached hydrogens (tertiary/aromatic N) is 2. The molecule has 1 aliphatic carbocycles. The van der Waals surface area contributed by atoms with Gasteiger partial charge in [-0.1, -0.05) is 123 Å². The lowest BCUT2D eigenvalue weighted by atomic mass is 9.81. The predicted octanol–water partition coefficient (Wildman–Crippen LogP) is 14.1. The van der Waals surface area contributed by atoms with Crippen molar-refractivity contribution >= 4 is 60.8 Å². The number of benzene rings is 8. The quantitative estimate of drug-likeness (QED) is 0.179. The minimum absolute atomic E-state index is 0.214. The normalized spacial score (nSPS) is 13.1. The summed E-state index contributed by atoms with van der Waals surface area (Å²) in [6, 6.07) is 65.9. The van der Waals surface area contributed by atoms with Crippen molar-refractivity contribution < 1.29 is 4.42 Å². The highest BCUT2D eigenvalue weighted by Gasteiger charge is 2.36. The molecule has 256 valence electrons. The SMILES string of the molecule is CC1(C)c2cc(-c3cccc4c3oc3ccccc34)ccc2-c2ccc(N(c3ccccc3)c3ccc4c(c3)c3ccccc3n4-c3ccccc3)cc21. The lowest BCUT2D eigenvalue weighted by Gasteiger charge is -2.28. The van der Waals surface area contributed by atoms with Crippen LogP contribution < -0.4 is 4.90 Å². The molecule has 8 aromatic carbocycles. The van der Waals surface area contributed by atoms with Gasteiger partial charge in [0, 0.05) is 55.3 Å². The van der Waals surface area contributed by atoms with Gasteiger partial charge < -0.3 is 13.9 Å². The number of furan rings is 1. The van der Waals surface area contributed by atoms with Crippen LogP contribution in [0.5, 0.6) is 0 Å². The van der Waals surface area contributed by atoms with Gasteiger partial charge in [-0.2, -0.15) is 0 Å². The minimum atomic E-state index is -0.214. The lowest BCUT2D eigenvalue weighted by molar-refractivity contribution is 0.660. The van der Waals surface area contributed by atoms with E-state index in [0.717, 1.165) is 50.3 Å². The molecule has 0 saturated carbocycles. The maximum Gasteiger partial charge on any atom is 0.143 e. The summed E-state index contributed by atoms with van der Waals surface area (Å²) < 4.78 is 8.84. The van der Waals surface area contributed by atoms with Crippen LogP contribution in [0.2, 0.25) is 0 Å². The van der Waals surface area contributed by atoms with Crippen molar-refractivity contribution in [3.63, 3.8) is 0 Å². The van der Waals surface area contributed by atoms with Gasteiger partial charge >= 0.3 is 0 Å². The molecule has 2 aromatic heterocycles. The zero-order chi connectivity index (χ0) is 36.0. The summed E-state index contributed by atoms with van der Waals surface area (Å²) in [6.45, 7) is 4.73. The van der Waals surface area contributed by atoms with Gasteiger partial charge in [-0.3, -0.25) is 0 Å². The number of hydrogen-bond acceptors (Lipinski definition) is 2. The second kappa shape index (κ2) is 11.6. The lowest BCUT2D eigenvalue weighted by Crippen LogP contribution is -2.16. The Morgan fingerprint density at radius 2 is 1.07 bits per heavy atom. The predicted molar refractivity (Wildman–Crippen MR) is 226 cm³/mol. The van der Waals surface area contributed by atoms with Crippen LogP contribution in [-0.4, -0.2) is 4.57 Å². The smallest absolute Gasteiger partial charge is 0.143 e. The first kappa shape index (κ1) is 30.8. The fraction of sp³-hybridized carbons (Fsp3) is 0.0588. The van der Waals surface area contributed by atoms with E-state index in [1.807, 2.05) is 6.07 Å². The second-order valence-corrected chi connectivity index (χ2v) is 15.0. The first-order chi connectivity index (χ1) is 26.5. The van der Waals surface area contributed by atoms with Gasteiger partial charge in [0.25, 0.3) is 0 Å². The van der Waals surface area contributed by atoms with E-state index in [9.17, 15) is 0 Å². The van der Waals surface area contributed by atoms with Crippen molar-refractivity contribution in [3.8, 4) is 27.9 Å². The Hall–Kier alpha value is -6.84. The van der Waals surface area contributed by atoms with E-state index in [1.54, 1.807) is 0 Å². The topological polar surface area (TPSA) is 21.3 Å². The molecule has 0 spiro atoms. The van der Waals surface area contributed by atoms with Gasteiger partial charge in [-0.25, -0.2) is 0 Å². The van der Waals surface area contributed by atoms with Gasteiger partial charge in [0.05, 0.1) is 11.0 Å². The van der Waals surface area contributed by atoms with Crippen molar-refractivity contribution in [3.05, 3.63) is 193 Å². The summed E-state index contributed by atoms with van der Waals surface area (Å²) in [5.74, 6) is 0. The molecule has 54 heavy (non-hydrogen) atoms. The molecule has 3 nitrogen and oxygen atoms in total. The Morgan fingerprint density at radius 1 is 0.444 bits per heavy atom. The van der Waals surface area contributed by atoms with E-state index in [0.29, 0.717) is 0 Å². The third kappa shape index (κ3) is 4.48. The van der Waals surface area contributed by atoms with E-state index >= 15 is 0 Å². The summed E-state index contributed by atoms with van der Waals surface area (Å²) in [4.78, 5) is 2.40. The van der Waals surface area contributed by atoms with E-state index < -0.39 is 0 Å². The maximum absolute atomic E-state index is 6.46. The zero-order valence-corrected chi connectivity index (χ0v) is 30.1. The van der Waals surface area contributed by atoms with Crippen LogP contribution in [0.1, 0.15) is 25.0 Å². The molecule has 0 radical (unpaired) electrons. The number of aromatic nitrogens is 1. The van der Waals surface area contributed by atoms with Crippen LogP contribution in [0.15, 0.2) is 186 Å². The molecule has 0 bridgehead atoms. The minimum Gasteiger partial charge on any atom is -0.455 e. The standard InChI is InChI=1S/C51H36N2O/c1-51(2)45-30-33(38-20-13-21-43-42-19-10-12-23-49(42)54-50(38)43)24-27-39(45)40-28-25-37(32-46(40)51)52(34-14-5-3-6-15-34)36-26-29-48-44(31-36)41-18-9-11-22-47(41)53(48)35-16-7-4-8-17-35/h3-32H,1-2H3. The first-order valence-electron chi connectivity index (χ1n) is 18.7. The van der Waals surface area contributed by atoms with E-state index in [1.165, 1.54) is 49.6 Å². The fourth-order valence-electron chi connectivity index (χ4n) is 8.99. The first-order valence-corrected chi connectivity index (χ1v) is 18.7. The highest BCUT2D eigenvalue weighted by molar-refractivity contribution is 6.11. The number of hydrogen-bond donors (Lipinski definition) is 0. The van der Waals surface area contributed by atoms with Crippen LogP contribution >= 0.6 is 0 Å². The van der Waals surface area contributed by atoms with Gasteiger partial charge in [0.15, 0.2) is 0 Å². The number of anilines is 3. The molecule has 0 aliphatic heterocycles. The summed E-state index contributed by atoms with van der Waals surface area (Å²) in [5.41, 5.74) is 16.1. The number of para-hydroxylation sites is 5. The monoisotopic (exact) mass is 692 g/mol. The maximum atomic E-state index is 6.46. The van der Waals surface area contributed by atoms with Gasteiger partial charge in [-0.15, -0.1) is 0 Å². The summed E-state index contributed by atoms with van der Waals surface area (Å²) in [5, 5.41) is 4.78. The van der Waals surface area contributed by atoms with Crippen LogP contribution in [0.25, 0.3) is 71.7 Å². The van der Waals surface area contributed by atoms with Gasteiger partial charge in [0.1, 0.15) is 11.2 Å². The molecular formula is C51H36N2O. The average molecular weight is 693 g/mol. The summed E-state index contributed by atoms with van der Waals surface area (Å²) in [7, 11) is 0. The highest BCUT2D eigenvalue weighted by atomic mass is 16.3. The Balaban J connectivity index is 1.05. The molecule has 0 fully saturated rings. The molecule has 3 heteroatoms. The van der Waals surface area contributed by atoms with Crippen molar-refractivity contribution in [1.29, 1.82) is 0 Å². The summed E-state index contributed by atoms with van der Waals surface area (Å²) >= 11 is 0. The average Bonchev–Trinajstić information content (AvgIpc) is 3.84. The third-order valence-corrected chi connectivity index (χ3v) is 11.6. The highest BCUT2D eigenvalue weighted by Crippen LogP contribution is 2.52. The van der Waals surface area contributed by atoms with Crippen LogP contribution in [0.3, 0.4) is 0 Å². The molecule has 0 atom stereocenters. The van der Waals surface area contributed by atoms with Crippen molar-refractivity contribution in [1.82, 2.24) is 4.57 Å². The second-order valence-electron chi connectivity index (χ2n) is 15.0. The molecule has 2 heterocycles. The molecule has 0 saturated heterocycles. The van der Waals surface area contributed by atoms with Gasteiger partial charge in [-0.05, 0) is 101 Å². The van der Waals surface area contributed by atoms with E-state index in [4.69, 9.17) is 4.42 Å². The third-order valence-electron chi connectivity index (χ3n) is 11.6. The Bertz CT molecular complexity index is 3080. The van der Waals surface area contributed by atoms with Crippen molar-refractivity contribution in [2.45, 2.75) is 19.3 Å². The number of rotatable bonds is 5. The Labute approximate surface area is 314 Å². The largest absolute Gasteiger partial charge is 0.455 e. The molecule has 0 unspecified atom stereocenters. The Morgan fingerprint density at radius 3 is 1.91 bits per heavy atom. The molecule has 11 rings (SSSR count). The fourth-order valence-corrected chi connectivity index (χ4v) is 8.99. The summed E-state index contributed by atoms with van der Waals surface area (Å²) in [6.07, 6.45) is 0. The van der Waals surface area contributed by atoms with E-state index in [2.05, 4.69) is 199 Å². The van der Waals surface area contributed by atoms with E-state index in [-0.39, 0.29) is 5.41 Å². The molecular weight excluding hydrogens is 657 g/mol. The van der Waals surface area contributed by atoms with Crippen molar-refractivity contribution in [2.75, 3.05) is 4.90 Å². The van der Waals surface area contributed by atoms with Crippen LogP contribution in [0.4, 0.5) is 17.1 Å². The van der Waals surface area contributed by atoms with Crippen LogP contribution in [0, 0.1) is 0 Å². The van der Waals surface area contributed by atoms with Crippen LogP contribution in [-0.2, 0) is 5.41 Å². The molecule has 1 aliphatic rings.